The molecule has 0 amide bonds. The predicted octanol–water partition coefficient (Wildman–Crippen LogP) is 5.52. The zero-order chi connectivity index (χ0) is 13.1. The van der Waals surface area contributed by atoms with Gasteiger partial charge in [0.2, 0.25) is 0 Å². The molecular formula is C13H12BrCl2NS. The Morgan fingerprint density at radius 1 is 1.33 bits per heavy atom. The molecule has 1 aromatic carbocycles. The molecule has 0 spiro atoms. The number of hydrogen-bond donors (Lipinski definition) is 1. The molecule has 1 aromatic heterocycles. The van der Waals surface area contributed by atoms with Crippen LogP contribution in [0.4, 0.5) is 0 Å². The number of rotatable bonds is 4. The van der Waals surface area contributed by atoms with Crippen LogP contribution in [0.3, 0.4) is 0 Å². The fraction of sp³-hybridized carbons (Fsp3) is 0.231. The van der Waals surface area contributed by atoms with Gasteiger partial charge in [0.25, 0.3) is 0 Å². The van der Waals surface area contributed by atoms with Crippen LogP contribution < -0.4 is 5.32 Å². The van der Waals surface area contributed by atoms with Crippen molar-refractivity contribution in [2.75, 3.05) is 6.54 Å². The minimum absolute atomic E-state index is 0.0347. The van der Waals surface area contributed by atoms with Gasteiger partial charge in [-0.15, -0.1) is 11.3 Å². The lowest BCUT2D eigenvalue weighted by molar-refractivity contribution is 0.640. The highest BCUT2D eigenvalue weighted by Crippen LogP contribution is 2.38. The quantitative estimate of drug-likeness (QED) is 0.753. The van der Waals surface area contributed by atoms with Crippen molar-refractivity contribution in [3.63, 3.8) is 0 Å². The second-order valence-corrected chi connectivity index (χ2v) is 6.35. The first-order valence-corrected chi connectivity index (χ1v) is 7.98. The predicted molar refractivity (Wildman–Crippen MR) is 84.0 cm³/mol. The maximum atomic E-state index is 6.37. The van der Waals surface area contributed by atoms with Crippen molar-refractivity contribution < 1.29 is 0 Å². The maximum absolute atomic E-state index is 6.37. The first kappa shape index (κ1) is 14.4. The number of thiophene rings is 1. The van der Waals surface area contributed by atoms with Crippen molar-refractivity contribution in [3.8, 4) is 0 Å². The first-order valence-electron chi connectivity index (χ1n) is 5.55. The molecule has 0 aliphatic heterocycles. The monoisotopic (exact) mass is 363 g/mol. The van der Waals surface area contributed by atoms with E-state index in [1.165, 1.54) is 0 Å². The molecule has 2 rings (SSSR count). The Morgan fingerprint density at radius 3 is 2.72 bits per heavy atom. The second-order valence-electron chi connectivity index (χ2n) is 3.77. The molecule has 0 saturated carbocycles. The van der Waals surface area contributed by atoms with Crippen LogP contribution in [0.15, 0.2) is 34.1 Å². The number of hydrogen-bond acceptors (Lipinski definition) is 2. The zero-order valence-corrected chi connectivity index (χ0v) is 13.6. The van der Waals surface area contributed by atoms with E-state index in [1.54, 1.807) is 11.3 Å². The van der Waals surface area contributed by atoms with Gasteiger partial charge >= 0.3 is 0 Å². The fourth-order valence-corrected chi connectivity index (χ4v) is 3.68. The maximum Gasteiger partial charge on any atom is 0.0701 e. The molecular weight excluding hydrogens is 353 g/mol. The molecule has 0 bridgehead atoms. The van der Waals surface area contributed by atoms with Gasteiger partial charge in [0.1, 0.15) is 0 Å². The van der Waals surface area contributed by atoms with Crippen LogP contribution in [0, 0.1) is 0 Å². The molecule has 2 aromatic rings. The summed E-state index contributed by atoms with van der Waals surface area (Å²) in [6, 6.07) is 7.89. The van der Waals surface area contributed by atoms with Crippen LogP contribution in [0.25, 0.3) is 0 Å². The summed E-state index contributed by atoms with van der Waals surface area (Å²) in [5, 5.41) is 6.93. The standard InChI is InChI=1S/C13H12BrCl2NS/c1-2-17-12(13-10(15)6-7-18-13)8-4-3-5-9(14)11(8)16/h3-7,12,17H,2H2,1H3. The van der Waals surface area contributed by atoms with E-state index in [2.05, 4.69) is 28.2 Å². The summed E-state index contributed by atoms with van der Waals surface area (Å²) >= 11 is 17.7. The van der Waals surface area contributed by atoms with Crippen LogP contribution in [-0.4, -0.2) is 6.54 Å². The van der Waals surface area contributed by atoms with E-state index in [0.717, 1.165) is 31.5 Å². The smallest absolute Gasteiger partial charge is 0.0701 e. The molecule has 1 nitrogen and oxygen atoms in total. The first-order chi connectivity index (χ1) is 8.65. The molecule has 96 valence electrons. The summed E-state index contributed by atoms with van der Waals surface area (Å²) in [6.07, 6.45) is 0. The van der Waals surface area contributed by atoms with Gasteiger partial charge in [-0.05, 0) is 45.6 Å². The third-order valence-electron chi connectivity index (χ3n) is 2.61. The molecule has 0 fully saturated rings. The van der Waals surface area contributed by atoms with E-state index < -0.39 is 0 Å². The van der Waals surface area contributed by atoms with E-state index in [9.17, 15) is 0 Å². The minimum Gasteiger partial charge on any atom is -0.306 e. The Hall–Kier alpha value is -0.0600. The Labute approximate surface area is 129 Å². The van der Waals surface area contributed by atoms with Crippen molar-refractivity contribution in [3.05, 3.63) is 54.6 Å². The molecule has 1 atom stereocenters. The highest BCUT2D eigenvalue weighted by atomic mass is 79.9. The normalized spacial score (nSPS) is 12.7. The lowest BCUT2D eigenvalue weighted by atomic mass is 10.1. The molecule has 0 saturated heterocycles. The van der Waals surface area contributed by atoms with E-state index in [0.29, 0.717) is 0 Å². The van der Waals surface area contributed by atoms with E-state index in [1.807, 2.05) is 29.6 Å². The highest BCUT2D eigenvalue weighted by molar-refractivity contribution is 9.10. The average molecular weight is 365 g/mol. The number of benzene rings is 1. The molecule has 1 unspecified atom stereocenters. The molecule has 18 heavy (non-hydrogen) atoms. The third kappa shape index (κ3) is 2.91. The van der Waals surface area contributed by atoms with Crippen molar-refractivity contribution in [1.29, 1.82) is 0 Å². The molecule has 5 heteroatoms. The average Bonchev–Trinajstić information content (AvgIpc) is 2.76. The molecule has 1 heterocycles. The van der Waals surface area contributed by atoms with Gasteiger partial charge < -0.3 is 5.32 Å². The summed E-state index contributed by atoms with van der Waals surface area (Å²) in [5.41, 5.74) is 1.04. The highest BCUT2D eigenvalue weighted by Gasteiger charge is 2.20. The lowest BCUT2D eigenvalue weighted by Crippen LogP contribution is -2.21. The van der Waals surface area contributed by atoms with Crippen LogP contribution >= 0.6 is 50.5 Å². The van der Waals surface area contributed by atoms with Gasteiger partial charge in [0.15, 0.2) is 0 Å². The largest absolute Gasteiger partial charge is 0.306 e. The van der Waals surface area contributed by atoms with E-state index >= 15 is 0 Å². The zero-order valence-electron chi connectivity index (χ0n) is 9.71. The summed E-state index contributed by atoms with van der Waals surface area (Å²) in [4.78, 5) is 1.10. The van der Waals surface area contributed by atoms with Gasteiger partial charge in [-0.2, -0.15) is 0 Å². The van der Waals surface area contributed by atoms with E-state index in [4.69, 9.17) is 23.2 Å². The topological polar surface area (TPSA) is 12.0 Å². The minimum atomic E-state index is 0.0347. The third-order valence-corrected chi connectivity index (χ3v) is 5.34. The van der Waals surface area contributed by atoms with Crippen molar-refractivity contribution in [2.24, 2.45) is 0 Å². The summed E-state index contributed by atoms with van der Waals surface area (Å²) < 4.78 is 0.900. The van der Waals surface area contributed by atoms with Crippen LogP contribution in [-0.2, 0) is 0 Å². The van der Waals surface area contributed by atoms with Gasteiger partial charge in [-0.3, -0.25) is 0 Å². The fourth-order valence-electron chi connectivity index (χ4n) is 1.80. The Balaban J connectivity index is 2.48. The lowest BCUT2D eigenvalue weighted by Gasteiger charge is -2.19. The van der Waals surface area contributed by atoms with Gasteiger partial charge in [0, 0.05) is 9.35 Å². The summed E-state index contributed by atoms with van der Waals surface area (Å²) in [6.45, 7) is 2.92. The Bertz CT molecular complexity index is 542. The van der Waals surface area contributed by atoms with Crippen molar-refractivity contribution in [2.45, 2.75) is 13.0 Å². The molecule has 1 N–H and O–H groups in total. The van der Waals surface area contributed by atoms with Crippen LogP contribution in [0.1, 0.15) is 23.4 Å². The molecule has 0 aliphatic rings. The number of nitrogens with one attached hydrogen (secondary N) is 1. The Morgan fingerprint density at radius 2 is 2.11 bits per heavy atom. The Kier molecular flexibility index (Phi) is 5.10. The van der Waals surface area contributed by atoms with Crippen LogP contribution in [0.5, 0.6) is 0 Å². The summed E-state index contributed by atoms with van der Waals surface area (Å²) in [7, 11) is 0. The summed E-state index contributed by atoms with van der Waals surface area (Å²) in [5.74, 6) is 0. The second kappa shape index (κ2) is 6.40. The van der Waals surface area contributed by atoms with Gasteiger partial charge in [-0.1, -0.05) is 42.3 Å². The molecule has 0 radical (unpaired) electrons. The molecule has 0 aliphatic carbocycles. The number of halogens is 3. The van der Waals surface area contributed by atoms with Crippen molar-refractivity contribution in [1.82, 2.24) is 5.32 Å². The van der Waals surface area contributed by atoms with E-state index in [-0.39, 0.29) is 6.04 Å². The van der Waals surface area contributed by atoms with Crippen molar-refractivity contribution >= 4 is 50.5 Å². The van der Waals surface area contributed by atoms with Gasteiger partial charge in [-0.25, -0.2) is 0 Å². The van der Waals surface area contributed by atoms with Crippen LogP contribution in [0.2, 0.25) is 10.0 Å². The SMILES string of the molecule is CCNC(c1cccc(Br)c1Cl)c1sccc1Cl. The van der Waals surface area contributed by atoms with Gasteiger partial charge in [0.05, 0.1) is 16.1 Å².